The summed E-state index contributed by atoms with van der Waals surface area (Å²) in [7, 11) is 0. The summed E-state index contributed by atoms with van der Waals surface area (Å²) in [5.41, 5.74) is 0.609. The van der Waals surface area contributed by atoms with Crippen molar-refractivity contribution in [3.8, 4) is 5.75 Å². The minimum absolute atomic E-state index is 0.0360. The van der Waals surface area contributed by atoms with Crippen LogP contribution >= 0.6 is 23.2 Å². The molecule has 1 atom stereocenters. The Hall–Kier alpha value is -2.24. The molecular weight excluding hydrogens is 351 g/mol. The molecule has 0 amide bonds. The van der Waals surface area contributed by atoms with E-state index in [4.69, 9.17) is 33.0 Å². The van der Waals surface area contributed by atoms with Gasteiger partial charge in [0.05, 0.1) is 11.1 Å². The van der Waals surface area contributed by atoms with Gasteiger partial charge in [-0.25, -0.2) is 9.78 Å². The third kappa shape index (κ3) is 5.76. The van der Waals surface area contributed by atoms with Crippen LogP contribution in [0.15, 0.2) is 42.6 Å². The molecule has 0 aliphatic heterocycles. The van der Waals surface area contributed by atoms with Crippen LogP contribution in [0.3, 0.4) is 0 Å². The predicted molar refractivity (Wildman–Crippen MR) is 95.9 cm³/mol. The molecule has 126 valence electrons. The van der Waals surface area contributed by atoms with Gasteiger partial charge in [-0.1, -0.05) is 23.2 Å². The molecule has 0 aliphatic carbocycles. The van der Waals surface area contributed by atoms with Gasteiger partial charge >= 0.3 is 5.97 Å². The van der Waals surface area contributed by atoms with Gasteiger partial charge in [-0.15, -0.1) is 0 Å². The zero-order valence-corrected chi connectivity index (χ0v) is 14.4. The van der Waals surface area contributed by atoms with E-state index in [1.807, 2.05) is 6.92 Å². The number of pyridine rings is 1. The molecule has 0 unspecified atom stereocenters. The van der Waals surface area contributed by atoms with Crippen molar-refractivity contribution in [1.82, 2.24) is 4.98 Å². The van der Waals surface area contributed by atoms with E-state index in [2.05, 4.69) is 10.3 Å². The van der Waals surface area contributed by atoms with E-state index in [0.717, 1.165) is 11.8 Å². The van der Waals surface area contributed by atoms with Crippen LogP contribution in [0.2, 0.25) is 10.0 Å². The maximum absolute atomic E-state index is 10.5. The van der Waals surface area contributed by atoms with Crippen LogP contribution in [0.4, 0.5) is 5.82 Å². The number of hydrogen-bond acceptors (Lipinski definition) is 4. The van der Waals surface area contributed by atoms with E-state index in [1.54, 1.807) is 36.5 Å². The number of ether oxygens (including phenoxy) is 1. The topological polar surface area (TPSA) is 71.5 Å². The van der Waals surface area contributed by atoms with Crippen molar-refractivity contribution in [2.75, 3.05) is 11.9 Å². The molecule has 2 aromatic rings. The van der Waals surface area contributed by atoms with Gasteiger partial charge in [0.1, 0.15) is 18.2 Å². The number of aliphatic carboxylic acids is 1. The molecular formula is C17H16Cl2N2O3. The molecule has 0 saturated heterocycles. The Labute approximate surface area is 149 Å². The van der Waals surface area contributed by atoms with Gasteiger partial charge in [0.25, 0.3) is 0 Å². The van der Waals surface area contributed by atoms with E-state index in [-0.39, 0.29) is 6.04 Å². The molecule has 5 nitrogen and oxygen atoms in total. The van der Waals surface area contributed by atoms with Gasteiger partial charge in [0, 0.05) is 17.3 Å². The lowest BCUT2D eigenvalue weighted by atomic mass is 10.2. The lowest BCUT2D eigenvalue weighted by Gasteiger charge is -2.16. The monoisotopic (exact) mass is 366 g/mol. The average molecular weight is 367 g/mol. The predicted octanol–water partition coefficient (Wildman–Crippen LogP) is 4.37. The molecule has 1 aromatic carbocycles. The van der Waals surface area contributed by atoms with Crippen molar-refractivity contribution in [1.29, 1.82) is 0 Å². The first kappa shape index (κ1) is 18.1. The second-order valence-electron chi connectivity index (χ2n) is 5.08. The van der Waals surface area contributed by atoms with Gasteiger partial charge in [0.15, 0.2) is 0 Å². The lowest BCUT2D eigenvalue weighted by Crippen LogP contribution is -2.24. The minimum atomic E-state index is -1.03. The van der Waals surface area contributed by atoms with Gasteiger partial charge in [-0.05, 0) is 48.9 Å². The van der Waals surface area contributed by atoms with Crippen molar-refractivity contribution < 1.29 is 14.6 Å². The fourth-order valence-corrected chi connectivity index (χ4v) is 2.20. The fourth-order valence-electron chi connectivity index (χ4n) is 1.84. The normalized spacial score (nSPS) is 12.1. The fraction of sp³-hybridized carbons (Fsp3) is 0.176. The van der Waals surface area contributed by atoms with Crippen LogP contribution in [0, 0.1) is 0 Å². The third-order valence-electron chi connectivity index (χ3n) is 2.98. The van der Waals surface area contributed by atoms with Gasteiger partial charge in [-0.2, -0.15) is 0 Å². The smallest absolute Gasteiger partial charge is 0.328 e. The van der Waals surface area contributed by atoms with E-state index >= 15 is 0 Å². The quantitative estimate of drug-likeness (QED) is 0.712. The molecule has 24 heavy (non-hydrogen) atoms. The van der Waals surface area contributed by atoms with Gasteiger partial charge < -0.3 is 15.2 Å². The summed E-state index contributed by atoms with van der Waals surface area (Å²) in [5, 5.41) is 12.8. The number of benzene rings is 1. The molecule has 0 aliphatic rings. The number of halogens is 2. The number of hydrogen-bond donors (Lipinski definition) is 2. The molecule has 2 rings (SSSR count). The summed E-state index contributed by atoms with van der Waals surface area (Å²) in [6.45, 7) is 2.35. The molecule has 2 N–H and O–H groups in total. The Bertz CT molecular complexity index is 733. The first-order valence-electron chi connectivity index (χ1n) is 7.15. The Morgan fingerprint density at radius 1 is 1.38 bits per heavy atom. The van der Waals surface area contributed by atoms with E-state index in [0.29, 0.717) is 28.0 Å². The number of anilines is 1. The zero-order chi connectivity index (χ0) is 17.5. The Kier molecular flexibility index (Phi) is 6.46. The lowest BCUT2D eigenvalue weighted by molar-refractivity contribution is -0.131. The molecule has 0 spiro atoms. The number of nitrogens with zero attached hydrogens (tertiary/aromatic N) is 1. The standard InChI is InChI=1S/C17H16Cl2N2O3/c1-11(10-24-14-5-3-13(18)4-6-14)21-17-15(19)8-12(9-20-17)2-7-16(22)23/h2-9,11H,10H2,1H3,(H,20,21)(H,22,23)/b7-2+/t11-/m1/s1. The minimum Gasteiger partial charge on any atom is -0.491 e. The summed E-state index contributed by atoms with van der Waals surface area (Å²) >= 11 is 12.0. The van der Waals surface area contributed by atoms with E-state index in [1.165, 1.54) is 6.08 Å². The van der Waals surface area contributed by atoms with Crippen LogP contribution in [0.25, 0.3) is 6.08 Å². The molecule has 0 bridgehead atoms. The summed E-state index contributed by atoms with van der Waals surface area (Å²) < 4.78 is 5.66. The second kappa shape index (κ2) is 8.57. The average Bonchev–Trinajstić information content (AvgIpc) is 2.54. The van der Waals surface area contributed by atoms with Crippen molar-refractivity contribution in [2.24, 2.45) is 0 Å². The summed E-state index contributed by atoms with van der Waals surface area (Å²) in [6, 6.07) is 8.72. The first-order chi connectivity index (χ1) is 11.4. The highest BCUT2D eigenvalue weighted by Gasteiger charge is 2.08. The maximum Gasteiger partial charge on any atom is 0.328 e. The molecule has 0 fully saturated rings. The molecule has 1 heterocycles. The third-order valence-corrected chi connectivity index (χ3v) is 3.52. The van der Waals surface area contributed by atoms with Crippen LogP contribution < -0.4 is 10.1 Å². The highest BCUT2D eigenvalue weighted by molar-refractivity contribution is 6.33. The van der Waals surface area contributed by atoms with Crippen LogP contribution in [0.5, 0.6) is 5.75 Å². The van der Waals surface area contributed by atoms with Gasteiger partial charge in [0.2, 0.25) is 0 Å². The Morgan fingerprint density at radius 3 is 2.71 bits per heavy atom. The Morgan fingerprint density at radius 2 is 2.08 bits per heavy atom. The van der Waals surface area contributed by atoms with Crippen molar-refractivity contribution in [3.05, 3.63) is 58.2 Å². The van der Waals surface area contributed by atoms with E-state index < -0.39 is 5.97 Å². The number of carbonyl (C=O) groups is 1. The summed E-state index contributed by atoms with van der Waals surface area (Å²) in [5.74, 6) is 0.207. The summed E-state index contributed by atoms with van der Waals surface area (Å²) in [6.07, 6.45) is 4.00. The van der Waals surface area contributed by atoms with Crippen molar-refractivity contribution >= 4 is 41.1 Å². The largest absolute Gasteiger partial charge is 0.491 e. The van der Waals surface area contributed by atoms with E-state index in [9.17, 15) is 4.79 Å². The molecule has 0 radical (unpaired) electrons. The summed E-state index contributed by atoms with van der Waals surface area (Å²) in [4.78, 5) is 14.7. The second-order valence-corrected chi connectivity index (χ2v) is 5.92. The van der Waals surface area contributed by atoms with Crippen LogP contribution in [0.1, 0.15) is 12.5 Å². The van der Waals surface area contributed by atoms with Crippen molar-refractivity contribution in [2.45, 2.75) is 13.0 Å². The van der Waals surface area contributed by atoms with Gasteiger partial charge in [-0.3, -0.25) is 0 Å². The number of rotatable bonds is 7. The van der Waals surface area contributed by atoms with Crippen LogP contribution in [-0.4, -0.2) is 28.7 Å². The molecule has 7 heteroatoms. The Balaban J connectivity index is 1.92. The van der Waals surface area contributed by atoms with Crippen LogP contribution in [-0.2, 0) is 4.79 Å². The number of carboxylic acid groups (broad SMARTS) is 1. The molecule has 1 aromatic heterocycles. The van der Waals surface area contributed by atoms with Crippen molar-refractivity contribution in [3.63, 3.8) is 0 Å². The number of aromatic nitrogens is 1. The number of nitrogens with one attached hydrogen (secondary N) is 1. The SMILES string of the molecule is C[C@H](COc1ccc(Cl)cc1)Nc1ncc(/C=C/C(=O)O)cc1Cl. The first-order valence-corrected chi connectivity index (χ1v) is 7.91. The highest BCUT2D eigenvalue weighted by Crippen LogP contribution is 2.22. The highest BCUT2D eigenvalue weighted by atomic mass is 35.5. The molecule has 0 saturated carbocycles. The maximum atomic E-state index is 10.5. The number of carboxylic acids is 1. The zero-order valence-electron chi connectivity index (χ0n) is 12.9.